The van der Waals surface area contributed by atoms with E-state index in [0.29, 0.717) is 11.6 Å². The van der Waals surface area contributed by atoms with Crippen molar-refractivity contribution in [1.82, 2.24) is 4.90 Å². The van der Waals surface area contributed by atoms with Crippen LogP contribution in [0.1, 0.15) is 12.5 Å². The number of anilines is 1. The second-order valence-electron chi connectivity index (χ2n) is 4.88. The molecule has 0 aliphatic carbocycles. The second-order valence-corrected chi connectivity index (χ2v) is 5.29. The van der Waals surface area contributed by atoms with Crippen LogP contribution in [-0.4, -0.2) is 36.5 Å². The Bertz CT molecular complexity index is 501. The number of benzene rings is 1. The minimum Gasteiger partial charge on any atom is -0.310 e. The van der Waals surface area contributed by atoms with Gasteiger partial charge in [-0.15, -0.1) is 6.58 Å². The number of halogens is 1. The largest absolute Gasteiger partial charge is 0.310 e. The van der Waals surface area contributed by atoms with Crippen molar-refractivity contribution in [2.75, 3.05) is 24.5 Å². The van der Waals surface area contributed by atoms with E-state index < -0.39 is 0 Å². The first-order valence-electron chi connectivity index (χ1n) is 6.47. The SMILES string of the molecule is C=CCN1CCN(c2ccc(C)c(Cl)c2)C(=O)C1C. The maximum atomic E-state index is 12.4. The summed E-state index contributed by atoms with van der Waals surface area (Å²) in [5.41, 5.74) is 1.90. The summed E-state index contributed by atoms with van der Waals surface area (Å²) in [6.07, 6.45) is 1.84. The quantitative estimate of drug-likeness (QED) is 0.794. The first-order valence-corrected chi connectivity index (χ1v) is 6.85. The van der Waals surface area contributed by atoms with Crippen LogP contribution in [0.25, 0.3) is 0 Å². The van der Waals surface area contributed by atoms with Crippen molar-refractivity contribution >= 4 is 23.2 Å². The third kappa shape index (κ3) is 2.82. The fraction of sp³-hybridized carbons (Fsp3) is 0.400. The van der Waals surface area contributed by atoms with Crippen LogP contribution in [0.4, 0.5) is 5.69 Å². The summed E-state index contributed by atoms with van der Waals surface area (Å²) in [5, 5.41) is 0.700. The Labute approximate surface area is 119 Å². The van der Waals surface area contributed by atoms with Crippen molar-refractivity contribution in [3.8, 4) is 0 Å². The number of carbonyl (C=O) groups is 1. The minimum absolute atomic E-state index is 0.119. The van der Waals surface area contributed by atoms with Crippen LogP contribution in [0.3, 0.4) is 0 Å². The van der Waals surface area contributed by atoms with Crippen LogP contribution in [0.5, 0.6) is 0 Å². The van der Waals surface area contributed by atoms with Crippen molar-refractivity contribution in [2.45, 2.75) is 19.9 Å². The summed E-state index contributed by atoms with van der Waals surface area (Å²) in [4.78, 5) is 16.4. The molecule has 0 N–H and O–H groups in total. The molecule has 102 valence electrons. The predicted molar refractivity (Wildman–Crippen MR) is 79.8 cm³/mol. The molecule has 1 aliphatic rings. The van der Waals surface area contributed by atoms with Crippen LogP contribution in [-0.2, 0) is 4.79 Å². The molecule has 1 aromatic carbocycles. The van der Waals surface area contributed by atoms with Gasteiger partial charge in [0.15, 0.2) is 0 Å². The van der Waals surface area contributed by atoms with Crippen LogP contribution < -0.4 is 4.90 Å². The zero-order chi connectivity index (χ0) is 14.0. The summed E-state index contributed by atoms with van der Waals surface area (Å²) in [6.45, 7) is 9.91. The van der Waals surface area contributed by atoms with Crippen molar-refractivity contribution in [2.24, 2.45) is 0 Å². The molecule has 1 atom stereocenters. The van der Waals surface area contributed by atoms with Gasteiger partial charge in [0.2, 0.25) is 5.91 Å². The first kappa shape index (κ1) is 14.1. The molecule has 1 saturated heterocycles. The molecule has 0 saturated carbocycles. The average molecular weight is 279 g/mol. The molecule has 1 heterocycles. The molecule has 3 nitrogen and oxygen atoms in total. The van der Waals surface area contributed by atoms with E-state index in [0.717, 1.165) is 24.3 Å². The van der Waals surface area contributed by atoms with Crippen molar-refractivity contribution in [3.05, 3.63) is 41.4 Å². The third-order valence-electron chi connectivity index (χ3n) is 3.61. The van der Waals surface area contributed by atoms with Gasteiger partial charge in [-0.25, -0.2) is 0 Å². The minimum atomic E-state index is -0.119. The van der Waals surface area contributed by atoms with Crippen molar-refractivity contribution < 1.29 is 4.79 Å². The Morgan fingerprint density at radius 2 is 2.21 bits per heavy atom. The lowest BCUT2D eigenvalue weighted by Gasteiger charge is -2.38. The molecule has 1 fully saturated rings. The zero-order valence-electron chi connectivity index (χ0n) is 11.4. The van der Waals surface area contributed by atoms with Crippen LogP contribution in [0.2, 0.25) is 5.02 Å². The van der Waals surface area contributed by atoms with Gasteiger partial charge in [-0.2, -0.15) is 0 Å². The highest BCUT2D eigenvalue weighted by Gasteiger charge is 2.31. The number of amides is 1. The van der Waals surface area contributed by atoms with E-state index in [1.54, 1.807) is 0 Å². The summed E-state index contributed by atoms with van der Waals surface area (Å²) in [6, 6.07) is 5.65. The number of piperazine rings is 1. The highest BCUT2D eigenvalue weighted by molar-refractivity contribution is 6.31. The molecule has 0 spiro atoms. The molecule has 4 heteroatoms. The summed E-state index contributed by atoms with van der Waals surface area (Å²) < 4.78 is 0. The smallest absolute Gasteiger partial charge is 0.244 e. The van der Waals surface area contributed by atoms with E-state index in [2.05, 4.69) is 11.5 Å². The highest BCUT2D eigenvalue weighted by atomic mass is 35.5. The van der Waals surface area contributed by atoms with E-state index in [-0.39, 0.29) is 11.9 Å². The Morgan fingerprint density at radius 3 is 2.84 bits per heavy atom. The number of rotatable bonds is 3. The molecule has 1 unspecified atom stereocenters. The molecule has 0 bridgehead atoms. The molecule has 2 rings (SSSR count). The van der Waals surface area contributed by atoms with Crippen molar-refractivity contribution in [1.29, 1.82) is 0 Å². The molecule has 0 radical (unpaired) electrons. The lowest BCUT2D eigenvalue weighted by Crippen LogP contribution is -2.55. The van der Waals surface area contributed by atoms with Gasteiger partial charge in [-0.1, -0.05) is 23.7 Å². The normalized spacial score (nSPS) is 20.7. The molecular weight excluding hydrogens is 260 g/mol. The number of aryl methyl sites for hydroxylation is 1. The van der Waals surface area contributed by atoms with Crippen LogP contribution in [0.15, 0.2) is 30.9 Å². The Kier molecular flexibility index (Phi) is 4.27. The second kappa shape index (κ2) is 5.76. The molecule has 1 aromatic rings. The van der Waals surface area contributed by atoms with Crippen LogP contribution in [0, 0.1) is 6.92 Å². The van der Waals surface area contributed by atoms with E-state index in [1.807, 2.05) is 43.0 Å². The molecule has 0 aromatic heterocycles. The Hall–Kier alpha value is -1.32. The molecule has 1 amide bonds. The fourth-order valence-corrected chi connectivity index (χ4v) is 2.51. The summed E-state index contributed by atoms with van der Waals surface area (Å²) >= 11 is 6.13. The number of hydrogen-bond acceptors (Lipinski definition) is 2. The lowest BCUT2D eigenvalue weighted by molar-refractivity contribution is -0.124. The topological polar surface area (TPSA) is 23.6 Å². The monoisotopic (exact) mass is 278 g/mol. The predicted octanol–water partition coefficient (Wildman–Crippen LogP) is 2.87. The van der Waals surface area contributed by atoms with E-state index >= 15 is 0 Å². The average Bonchev–Trinajstić information content (AvgIpc) is 2.39. The Balaban J connectivity index is 2.20. The lowest BCUT2D eigenvalue weighted by atomic mass is 10.1. The maximum Gasteiger partial charge on any atom is 0.244 e. The summed E-state index contributed by atoms with van der Waals surface area (Å²) in [7, 11) is 0. The number of carbonyl (C=O) groups excluding carboxylic acids is 1. The van der Waals surface area contributed by atoms with Gasteiger partial charge in [0.1, 0.15) is 0 Å². The number of nitrogens with zero attached hydrogens (tertiary/aromatic N) is 2. The Morgan fingerprint density at radius 1 is 1.47 bits per heavy atom. The molecular formula is C15H19ClN2O. The van der Waals surface area contributed by atoms with Gasteiger partial charge in [0.05, 0.1) is 6.04 Å². The van der Waals surface area contributed by atoms with Gasteiger partial charge >= 0.3 is 0 Å². The van der Waals surface area contributed by atoms with Crippen molar-refractivity contribution in [3.63, 3.8) is 0 Å². The van der Waals surface area contributed by atoms with Gasteiger partial charge in [0, 0.05) is 30.3 Å². The van der Waals surface area contributed by atoms with E-state index in [1.165, 1.54) is 0 Å². The first-order chi connectivity index (χ1) is 9.04. The van der Waals surface area contributed by atoms with Gasteiger partial charge in [0.25, 0.3) is 0 Å². The highest BCUT2D eigenvalue weighted by Crippen LogP contribution is 2.25. The molecule has 1 aliphatic heterocycles. The summed E-state index contributed by atoms with van der Waals surface area (Å²) in [5.74, 6) is 0.119. The van der Waals surface area contributed by atoms with E-state index in [4.69, 9.17) is 11.6 Å². The van der Waals surface area contributed by atoms with Gasteiger partial charge < -0.3 is 4.90 Å². The van der Waals surface area contributed by atoms with Gasteiger partial charge in [-0.05, 0) is 31.5 Å². The van der Waals surface area contributed by atoms with Crippen LogP contribution >= 0.6 is 11.6 Å². The fourth-order valence-electron chi connectivity index (χ4n) is 2.34. The zero-order valence-corrected chi connectivity index (χ0v) is 12.2. The standard InChI is InChI=1S/C15H19ClN2O/c1-4-7-17-8-9-18(15(19)12(17)3)13-6-5-11(2)14(16)10-13/h4-6,10,12H,1,7-9H2,2-3H3. The maximum absolute atomic E-state index is 12.4. The molecule has 19 heavy (non-hydrogen) atoms. The van der Waals surface area contributed by atoms with Gasteiger partial charge in [-0.3, -0.25) is 9.69 Å². The van der Waals surface area contributed by atoms with E-state index in [9.17, 15) is 4.79 Å². The number of hydrogen-bond donors (Lipinski definition) is 0. The third-order valence-corrected chi connectivity index (χ3v) is 4.02.